The molecule has 0 atom stereocenters. The molecule has 2 aliphatic carbocycles. The smallest absolute Gasteiger partial charge is 0.186 e. The molecular weight excluding hydrogens is 136 g/mol. The van der Waals surface area contributed by atoms with Gasteiger partial charge in [0.25, 0.3) is 0 Å². The quantitative estimate of drug-likeness (QED) is 0.540. The lowest BCUT2D eigenvalue weighted by Crippen LogP contribution is -1.63. The number of fused-ring (bicyclic) bond motifs is 1. The fraction of sp³-hybridized carbons (Fsp3) is 0. The van der Waals surface area contributed by atoms with Crippen molar-refractivity contribution in [2.45, 2.75) is 0 Å². The van der Waals surface area contributed by atoms with Crippen LogP contribution < -0.4 is 0 Å². The molecule has 0 saturated heterocycles. The molecule has 0 saturated carbocycles. The Hall–Kier alpha value is -1.50. The summed E-state index contributed by atoms with van der Waals surface area (Å²) in [4.78, 5) is 0. The van der Waals surface area contributed by atoms with E-state index in [9.17, 15) is 5.11 Å². The van der Waals surface area contributed by atoms with E-state index in [0.29, 0.717) is 0 Å². The minimum Gasteiger partial charge on any atom is -0.289 e. The van der Waals surface area contributed by atoms with E-state index in [1.165, 1.54) is 0 Å². The Kier molecular flexibility index (Phi) is 1.29. The highest BCUT2D eigenvalue weighted by Gasteiger charge is 2.04. The van der Waals surface area contributed by atoms with Crippen LogP contribution in [-0.2, 0) is 5.11 Å². The lowest BCUT2D eigenvalue weighted by molar-refractivity contribution is 0.357. The van der Waals surface area contributed by atoms with Crippen molar-refractivity contribution in [1.29, 1.82) is 0 Å². The topological polar surface area (TPSA) is 19.9 Å². The summed E-state index contributed by atoms with van der Waals surface area (Å²) in [7, 11) is 0. The predicted molar refractivity (Wildman–Crippen MR) is 43.2 cm³/mol. The van der Waals surface area contributed by atoms with Crippen molar-refractivity contribution in [2.24, 2.45) is 0 Å². The summed E-state index contributed by atoms with van der Waals surface area (Å²) >= 11 is 0. The molecular formula is C10H7O. The first-order chi connectivity index (χ1) is 5.38. The third-order valence-corrected chi connectivity index (χ3v) is 1.75. The van der Waals surface area contributed by atoms with E-state index in [-0.39, 0.29) is 5.75 Å². The van der Waals surface area contributed by atoms with Crippen LogP contribution in [0.3, 0.4) is 0 Å². The molecule has 1 radical (unpaired) electrons. The normalized spacial score (nSPS) is 10.2. The fourth-order valence-corrected chi connectivity index (χ4v) is 1.20. The van der Waals surface area contributed by atoms with Crippen LogP contribution in [0.25, 0.3) is 11.1 Å². The van der Waals surface area contributed by atoms with Gasteiger partial charge in [0.2, 0.25) is 0 Å². The van der Waals surface area contributed by atoms with Crippen molar-refractivity contribution in [3.05, 3.63) is 42.5 Å². The maximum atomic E-state index is 11.2. The molecule has 2 aliphatic rings. The van der Waals surface area contributed by atoms with E-state index in [1.54, 1.807) is 12.1 Å². The van der Waals surface area contributed by atoms with Crippen LogP contribution in [0.1, 0.15) is 0 Å². The molecule has 0 amide bonds. The largest absolute Gasteiger partial charge is 0.289 e. The van der Waals surface area contributed by atoms with Gasteiger partial charge >= 0.3 is 0 Å². The van der Waals surface area contributed by atoms with Gasteiger partial charge < -0.3 is 0 Å². The van der Waals surface area contributed by atoms with Crippen molar-refractivity contribution < 1.29 is 5.11 Å². The monoisotopic (exact) mass is 143 g/mol. The molecule has 0 N–H and O–H groups in total. The zero-order valence-electron chi connectivity index (χ0n) is 5.95. The molecule has 0 aromatic heterocycles. The molecule has 2 rings (SSSR count). The van der Waals surface area contributed by atoms with E-state index in [4.69, 9.17) is 0 Å². The van der Waals surface area contributed by atoms with E-state index in [2.05, 4.69) is 0 Å². The lowest BCUT2D eigenvalue weighted by atomic mass is 10.2. The fourth-order valence-electron chi connectivity index (χ4n) is 1.20. The van der Waals surface area contributed by atoms with Crippen molar-refractivity contribution >= 4 is 0 Å². The molecule has 53 valence electrons. The predicted octanol–water partition coefficient (Wildman–Crippen LogP) is 2.94. The van der Waals surface area contributed by atoms with Crippen LogP contribution in [-0.4, -0.2) is 0 Å². The maximum absolute atomic E-state index is 11.2. The highest BCUT2D eigenvalue weighted by molar-refractivity contribution is 5.71. The summed E-state index contributed by atoms with van der Waals surface area (Å²) in [5, 5.41) is 11.2. The first-order valence-electron chi connectivity index (χ1n) is 3.53. The Bertz CT molecular complexity index is 341. The molecule has 0 bridgehead atoms. The zero-order valence-corrected chi connectivity index (χ0v) is 5.95. The summed E-state index contributed by atoms with van der Waals surface area (Å²) in [5.74, 6) is 0.0926. The second-order valence-corrected chi connectivity index (χ2v) is 2.48. The van der Waals surface area contributed by atoms with Crippen LogP contribution in [0, 0.1) is 0 Å². The average Bonchev–Trinajstić information content (AvgIpc) is 2.40. The summed E-state index contributed by atoms with van der Waals surface area (Å²) in [6.45, 7) is 0. The number of rotatable bonds is 0. The lowest BCUT2D eigenvalue weighted by Gasteiger charge is -1.89. The van der Waals surface area contributed by atoms with Gasteiger partial charge in [-0.05, 0) is 11.6 Å². The van der Waals surface area contributed by atoms with Crippen LogP contribution in [0.2, 0.25) is 0 Å². The molecule has 0 fully saturated rings. The molecule has 0 aromatic rings. The van der Waals surface area contributed by atoms with Crippen molar-refractivity contribution in [3.8, 4) is 16.9 Å². The molecule has 0 spiro atoms. The SMILES string of the molecule is [O]c1ccccc2cccc1-2. The van der Waals surface area contributed by atoms with Crippen molar-refractivity contribution in [1.82, 2.24) is 0 Å². The van der Waals surface area contributed by atoms with Gasteiger partial charge in [-0.15, -0.1) is 0 Å². The van der Waals surface area contributed by atoms with Crippen molar-refractivity contribution in [2.75, 3.05) is 0 Å². The van der Waals surface area contributed by atoms with Gasteiger partial charge in [0.1, 0.15) is 0 Å². The van der Waals surface area contributed by atoms with Crippen LogP contribution in [0.15, 0.2) is 42.5 Å². The van der Waals surface area contributed by atoms with Gasteiger partial charge in [-0.25, -0.2) is 0 Å². The van der Waals surface area contributed by atoms with Crippen LogP contribution >= 0.6 is 0 Å². The Balaban J connectivity index is 2.78. The van der Waals surface area contributed by atoms with E-state index < -0.39 is 0 Å². The van der Waals surface area contributed by atoms with Crippen LogP contribution in [0.4, 0.5) is 0 Å². The first kappa shape index (κ1) is 6.23. The summed E-state index contributed by atoms with van der Waals surface area (Å²) in [5.41, 5.74) is 1.81. The van der Waals surface area contributed by atoms with E-state index >= 15 is 0 Å². The van der Waals surface area contributed by atoms with Gasteiger partial charge in [0, 0.05) is 5.56 Å². The minimum absolute atomic E-state index is 0.0926. The standard InChI is InChI=1S/C10H7O/c11-10-7-2-1-4-8-5-3-6-9(8)10/h1-7H. The zero-order chi connectivity index (χ0) is 7.68. The molecule has 1 nitrogen and oxygen atoms in total. The van der Waals surface area contributed by atoms with Gasteiger partial charge in [-0.3, -0.25) is 5.11 Å². The second kappa shape index (κ2) is 2.27. The Labute approximate surface area is 65.3 Å². The molecule has 0 aromatic carbocycles. The first-order valence-corrected chi connectivity index (χ1v) is 3.53. The van der Waals surface area contributed by atoms with Gasteiger partial charge in [-0.2, -0.15) is 0 Å². The summed E-state index contributed by atoms with van der Waals surface area (Å²) in [6.07, 6.45) is 0. The number of hydrogen-bond acceptors (Lipinski definition) is 0. The third-order valence-electron chi connectivity index (χ3n) is 1.75. The van der Waals surface area contributed by atoms with E-state index in [0.717, 1.165) is 11.1 Å². The van der Waals surface area contributed by atoms with Gasteiger partial charge in [0.05, 0.1) is 0 Å². The highest BCUT2D eigenvalue weighted by atomic mass is 16.3. The number of hydrogen-bond donors (Lipinski definition) is 0. The van der Waals surface area contributed by atoms with E-state index in [1.807, 2.05) is 30.3 Å². The maximum Gasteiger partial charge on any atom is 0.186 e. The second-order valence-electron chi connectivity index (χ2n) is 2.48. The Morgan fingerprint density at radius 3 is 2.45 bits per heavy atom. The summed E-state index contributed by atoms with van der Waals surface area (Å²) < 4.78 is 0. The molecule has 0 aliphatic heterocycles. The highest BCUT2D eigenvalue weighted by Crippen LogP contribution is 2.30. The van der Waals surface area contributed by atoms with Crippen molar-refractivity contribution in [3.63, 3.8) is 0 Å². The third kappa shape index (κ3) is 0.944. The molecule has 0 unspecified atom stereocenters. The van der Waals surface area contributed by atoms with Crippen LogP contribution in [0.5, 0.6) is 5.75 Å². The van der Waals surface area contributed by atoms with Gasteiger partial charge in [0.15, 0.2) is 5.75 Å². The average molecular weight is 143 g/mol. The molecule has 11 heavy (non-hydrogen) atoms. The molecule has 0 heterocycles. The van der Waals surface area contributed by atoms with Gasteiger partial charge in [-0.1, -0.05) is 36.4 Å². The Morgan fingerprint density at radius 1 is 0.818 bits per heavy atom. The molecule has 1 heteroatoms. The Morgan fingerprint density at radius 2 is 1.55 bits per heavy atom. The minimum atomic E-state index is 0.0926. The summed E-state index contributed by atoms with van der Waals surface area (Å²) in [6, 6.07) is 12.9.